The van der Waals surface area contributed by atoms with E-state index in [9.17, 15) is 9.18 Å². The summed E-state index contributed by atoms with van der Waals surface area (Å²) in [6.45, 7) is 8.76. The maximum atomic E-state index is 14.7. The van der Waals surface area contributed by atoms with Crippen LogP contribution in [-0.4, -0.2) is 48.3 Å². The van der Waals surface area contributed by atoms with Crippen molar-refractivity contribution in [3.8, 4) is 11.3 Å². The Morgan fingerprint density at radius 1 is 1.18 bits per heavy atom. The minimum atomic E-state index is -0.374. The Hall–Kier alpha value is -3.19. The Bertz CT molecular complexity index is 1110. The first-order valence-electron chi connectivity index (χ1n) is 11.4. The molecule has 1 atom stereocenters. The summed E-state index contributed by atoms with van der Waals surface area (Å²) >= 11 is 0. The van der Waals surface area contributed by atoms with Crippen LogP contribution in [-0.2, 0) is 11.3 Å². The van der Waals surface area contributed by atoms with Gasteiger partial charge < -0.3 is 19.1 Å². The number of halogens is 1. The van der Waals surface area contributed by atoms with Gasteiger partial charge in [-0.25, -0.2) is 4.39 Å². The Kier molecular flexibility index (Phi) is 7.08. The molecule has 2 aromatic carbocycles. The molecule has 0 bridgehead atoms. The van der Waals surface area contributed by atoms with E-state index in [1.165, 1.54) is 6.07 Å². The van der Waals surface area contributed by atoms with E-state index in [0.29, 0.717) is 54.6 Å². The Labute approximate surface area is 193 Å². The number of rotatable bonds is 7. The molecule has 2 heterocycles. The first kappa shape index (κ1) is 23.0. The minimum absolute atomic E-state index is 0.0288. The number of carbonyl (C=O) groups is 1. The molecule has 174 valence electrons. The zero-order chi connectivity index (χ0) is 23.4. The molecule has 0 aliphatic carbocycles. The SMILES string of the molecule is CC[C@H](C)N(Cc1c(-c2ccccc2F)noc1N1CCOCC1)C(=O)c1cccc(C)c1. The van der Waals surface area contributed by atoms with Crippen LogP contribution in [0.3, 0.4) is 0 Å². The van der Waals surface area contributed by atoms with E-state index in [0.717, 1.165) is 12.0 Å². The molecule has 0 N–H and O–H groups in total. The van der Waals surface area contributed by atoms with Crippen LogP contribution >= 0.6 is 0 Å². The van der Waals surface area contributed by atoms with Crippen molar-refractivity contribution in [2.75, 3.05) is 31.2 Å². The van der Waals surface area contributed by atoms with Gasteiger partial charge in [-0.05, 0) is 44.5 Å². The molecular formula is C26H30FN3O3. The van der Waals surface area contributed by atoms with Gasteiger partial charge in [-0.15, -0.1) is 0 Å². The summed E-state index contributed by atoms with van der Waals surface area (Å²) in [4.78, 5) is 17.5. The van der Waals surface area contributed by atoms with Crippen molar-refractivity contribution in [2.24, 2.45) is 0 Å². The highest BCUT2D eigenvalue weighted by molar-refractivity contribution is 5.94. The van der Waals surface area contributed by atoms with E-state index in [-0.39, 0.29) is 24.3 Å². The van der Waals surface area contributed by atoms with Gasteiger partial charge in [0.1, 0.15) is 11.5 Å². The van der Waals surface area contributed by atoms with Crippen molar-refractivity contribution in [2.45, 2.75) is 39.8 Å². The number of aromatic nitrogens is 1. The largest absolute Gasteiger partial charge is 0.378 e. The van der Waals surface area contributed by atoms with Crippen LogP contribution in [0, 0.1) is 12.7 Å². The van der Waals surface area contributed by atoms with Gasteiger partial charge >= 0.3 is 0 Å². The summed E-state index contributed by atoms with van der Waals surface area (Å²) in [7, 11) is 0. The van der Waals surface area contributed by atoms with Gasteiger partial charge in [-0.3, -0.25) is 4.79 Å². The molecule has 1 fully saturated rings. The van der Waals surface area contributed by atoms with Gasteiger partial charge in [-0.2, -0.15) is 0 Å². The average molecular weight is 452 g/mol. The predicted octanol–water partition coefficient (Wildman–Crippen LogP) is 5.07. The molecule has 1 amide bonds. The van der Waals surface area contributed by atoms with Crippen molar-refractivity contribution >= 4 is 11.8 Å². The molecule has 7 heteroatoms. The van der Waals surface area contributed by atoms with Gasteiger partial charge in [0.25, 0.3) is 5.91 Å². The summed E-state index contributed by atoms with van der Waals surface area (Å²) in [5.74, 6) is 0.129. The zero-order valence-corrected chi connectivity index (χ0v) is 19.4. The van der Waals surface area contributed by atoms with Crippen molar-refractivity contribution in [1.82, 2.24) is 10.1 Å². The number of nitrogens with zero attached hydrogens (tertiary/aromatic N) is 3. The second kappa shape index (κ2) is 10.2. The lowest BCUT2D eigenvalue weighted by Crippen LogP contribution is -2.39. The molecule has 4 rings (SSSR count). The number of hydrogen-bond donors (Lipinski definition) is 0. The number of morpholine rings is 1. The monoisotopic (exact) mass is 451 g/mol. The van der Waals surface area contributed by atoms with E-state index >= 15 is 0 Å². The molecule has 6 nitrogen and oxygen atoms in total. The predicted molar refractivity (Wildman–Crippen MR) is 126 cm³/mol. The second-order valence-corrected chi connectivity index (χ2v) is 8.45. The van der Waals surface area contributed by atoms with Gasteiger partial charge in [-0.1, -0.05) is 41.9 Å². The number of aryl methyl sites for hydroxylation is 1. The quantitative estimate of drug-likeness (QED) is 0.502. The van der Waals surface area contributed by atoms with Crippen molar-refractivity contribution in [1.29, 1.82) is 0 Å². The number of ether oxygens (including phenoxy) is 1. The lowest BCUT2D eigenvalue weighted by atomic mass is 10.0. The molecule has 0 unspecified atom stereocenters. The first-order chi connectivity index (χ1) is 16.0. The third kappa shape index (κ3) is 4.93. The first-order valence-corrected chi connectivity index (χ1v) is 11.4. The number of anilines is 1. The Balaban J connectivity index is 1.78. The summed E-state index contributed by atoms with van der Waals surface area (Å²) < 4.78 is 26.0. The molecule has 1 saturated heterocycles. The van der Waals surface area contributed by atoms with E-state index < -0.39 is 0 Å². The van der Waals surface area contributed by atoms with Crippen molar-refractivity contribution in [3.63, 3.8) is 0 Å². The molecule has 0 saturated carbocycles. The van der Waals surface area contributed by atoms with Gasteiger partial charge in [0.15, 0.2) is 0 Å². The van der Waals surface area contributed by atoms with Gasteiger partial charge in [0, 0.05) is 30.3 Å². The van der Waals surface area contributed by atoms with Crippen LogP contribution in [0.4, 0.5) is 10.3 Å². The molecule has 3 aromatic rings. The van der Waals surface area contributed by atoms with Gasteiger partial charge in [0.05, 0.1) is 25.3 Å². The Morgan fingerprint density at radius 3 is 2.64 bits per heavy atom. The van der Waals surface area contributed by atoms with Crippen LogP contribution in [0.2, 0.25) is 0 Å². The van der Waals surface area contributed by atoms with Crippen LogP contribution in [0.25, 0.3) is 11.3 Å². The van der Waals surface area contributed by atoms with E-state index in [2.05, 4.69) is 17.0 Å². The summed E-state index contributed by atoms with van der Waals surface area (Å²) in [5, 5.41) is 4.27. The molecule has 33 heavy (non-hydrogen) atoms. The second-order valence-electron chi connectivity index (χ2n) is 8.45. The maximum Gasteiger partial charge on any atom is 0.254 e. The van der Waals surface area contributed by atoms with Crippen LogP contribution < -0.4 is 4.90 Å². The average Bonchev–Trinajstić information content (AvgIpc) is 3.25. The van der Waals surface area contributed by atoms with Gasteiger partial charge in [0.2, 0.25) is 5.88 Å². The summed E-state index contributed by atoms with van der Waals surface area (Å²) in [6, 6.07) is 14.1. The minimum Gasteiger partial charge on any atom is -0.378 e. The standard InChI is InChI=1S/C26H30FN3O3/c1-4-19(3)30(25(31)20-9-7-8-18(2)16-20)17-22-24(21-10-5-6-11-23(21)27)28-33-26(22)29-12-14-32-15-13-29/h5-11,16,19H,4,12-15,17H2,1-3H3/t19-/m0/s1. The Morgan fingerprint density at radius 2 is 1.94 bits per heavy atom. The molecule has 1 aromatic heterocycles. The number of benzene rings is 2. The molecule has 0 spiro atoms. The van der Waals surface area contributed by atoms with Crippen LogP contribution in [0.15, 0.2) is 53.1 Å². The third-order valence-corrected chi connectivity index (χ3v) is 6.17. The zero-order valence-electron chi connectivity index (χ0n) is 19.4. The number of amides is 1. The van der Waals surface area contributed by atoms with E-state index in [1.54, 1.807) is 18.2 Å². The van der Waals surface area contributed by atoms with Crippen molar-refractivity contribution < 1.29 is 18.4 Å². The van der Waals surface area contributed by atoms with E-state index in [4.69, 9.17) is 9.26 Å². The third-order valence-electron chi connectivity index (χ3n) is 6.17. The highest BCUT2D eigenvalue weighted by atomic mass is 19.1. The van der Waals surface area contributed by atoms with E-state index in [1.807, 2.05) is 43.0 Å². The number of carbonyl (C=O) groups excluding carboxylic acids is 1. The smallest absolute Gasteiger partial charge is 0.254 e. The normalized spacial score (nSPS) is 14.8. The lowest BCUT2D eigenvalue weighted by Gasteiger charge is -2.31. The highest BCUT2D eigenvalue weighted by Gasteiger charge is 2.30. The van der Waals surface area contributed by atoms with Crippen LogP contribution in [0.5, 0.6) is 0 Å². The summed E-state index contributed by atoms with van der Waals surface area (Å²) in [6.07, 6.45) is 0.782. The number of hydrogen-bond acceptors (Lipinski definition) is 5. The molecule has 1 aliphatic rings. The fraction of sp³-hybridized carbons (Fsp3) is 0.385. The maximum absolute atomic E-state index is 14.7. The molecular weight excluding hydrogens is 421 g/mol. The topological polar surface area (TPSA) is 58.8 Å². The highest BCUT2D eigenvalue weighted by Crippen LogP contribution is 2.35. The fourth-order valence-corrected chi connectivity index (χ4v) is 4.09. The molecule has 1 aliphatic heterocycles. The van der Waals surface area contributed by atoms with Crippen molar-refractivity contribution in [3.05, 3.63) is 71.0 Å². The van der Waals surface area contributed by atoms with Crippen LogP contribution in [0.1, 0.15) is 41.8 Å². The fourth-order valence-electron chi connectivity index (χ4n) is 4.09. The molecule has 0 radical (unpaired) electrons. The lowest BCUT2D eigenvalue weighted by molar-refractivity contribution is 0.0671. The summed E-state index contributed by atoms with van der Waals surface area (Å²) in [5.41, 5.74) is 3.16.